The first kappa shape index (κ1) is 25.8. The van der Waals surface area contributed by atoms with E-state index in [1.54, 1.807) is 4.90 Å². The molecule has 0 bridgehead atoms. The van der Waals surface area contributed by atoms with Crippen LogP contribution in [-0.4, -0.2) is 42.4 Å². The summed E-state index contributed by atoms with van der Waals surface area (Å²) in [5.74, 6) is 0.776. The van der Waals surface area contributed by atoms with Gasteiger partial charge in [-0.2, -0.15) is 0 Å². The minimum atomic E-state index is -0.355. The molecule has 2 aromatic carbocycles. The van der Waals surface area contributed by atoms with Gasteiger partial charge in [-0.15, -0.1) is 0 Å². The van der Waals surface area contributed by atoms with Gasteiger partial charge in [-0.3, -0.25) is 9.59 Å². The molecule has 0 aromatic heterocycles. The second kappa shape index (κ2) is 14.4. The number of carbonyl (C=O) groups excluding carboxylic acids is 2. The summed E-state index contributed by atoms with van der Waals surface area (Å²) in [5, 5.41) is 3.05. The van der Waals surface area contributed by atoms with Crippen LogP contribution in [0.3, 0.4) is 0 Å². The van der Waals surface area contributed by atoms with Crippen molar-refractivity contribution in [3.05, 3.63) is 65.7 Å². The van der Waals surface area contributed by atoms with E-state index in [1.807, 2.05) is 54.6 Å². The molecule has 3 rings (SSSR count). The lowest BCUT2D eigenvalue weighted by atomic mass is 10.00. The van der Waals surface area contributed by atoms with Gasteiger partial charge in [0.15, 0.2) is 0 Å². The maximum absolute atomic E-state index is 13.1. The molecule has 1 atom stereocenters. The topological polar surface area (TPSA) is 84.7 Å². The largest absolute Gasteiger partial charge is 0.489 e. The Bertz CT molecular complexity index is 870. The number of rotatable bonds is 13. The van der Waals surface area contributed by atoms with E-state index in [9.17, 15) is 9.59 Å². The lowest BCUT2D eigenvalue weighted by molar-refractivity contribution is -0.141. The first-order valence-electron chi connectivity index (χ1n) is 12.7. The van der Waals surface area contributed by atoms with Crippen LogP contribution in [-0.2, 0) is 22.6 Å². The Hall–Kier alpha value is -2.86. The van der Waals surface area contributed by atoms with E-state index in [4.69, 9.17) is 10.5 Å². The summed E-state index contributed by atoms with van der Waals surface area (Å²) in [5.41, 5.74) is 7.57. The summed E-state index contributed by atoms with van der Waals surface area (Å²) in [4.78, 5) is 27.6. The van der Waals surface area contributed by atoms with E-state index >= 15 is 0 Å². The van der Waals surface area contributed by atoms with Crippen LogP contribution in [0.1, 0.15) is 62.5 Å². The van der Waals surface area contributed by atoms with Gasteiger partial charge in [-0.1, -0.05) is 61.7 Å². The second-order valence-electron chi connectivity index (χ2n) is 9.04. The van der Waals surface area contributed by atoms with Crippen molar-refractivity contribution in [2.75, 3.05) is 19.6 Å². The fraction of sp³-hybridized carbons (Fsp3) is 0.500. The van der Waals surface area contributed by atoms with E-state index in [0.717, 1.165) is 74.8 Å². The van der Waals surface area contributed by atoms with Crippen LogP contribution < -0.4 is 15.8 Å². The predicted octanol–water partition coefficient (Wildman–Crippen LogP) is 4.21. The second-order valence-corrected chi connectivity index (χ2v) is 9.04. The van der Waals surface area contributed by atoms with Gasteiger partial charge in [0.1, 0.15) is 18.4 Å². The van der Waals surface area contributed by atoms with Gasteiger partial charge in [0.05, 0.1) is 6.42 Å². The zero-order chi connectivity index (χ0) is 24.0. The van der Waals surface area contributed by atoms with Crippen molar-refractivity contribution in [1.29, 1.82) is 0 Å². The summed E-state index contributed by atoms with van der Waals surface area (Å²) in [7, 11) is 0. The van der Waals surface area contributed by atoms with Gasteiger partial charge in [0.2, 0.25) is 11.8 Å². The Kier molecular flexibility index (Phi) is 10.9. The van der Waals surface area contributed by atoms with Gasteiger partial charge in [0.25, 0.3) is 0 Å². The molecule has 0 spiro atoms. The maximum atomic E-state index is 13.1. The lowest BCUT2D eigenvalue weighted by Crippen LogP contribution is -2.52. The molecule has 2 amide bonds. The quantitative estimate of drug-likeness (QED) is 0.434. The van der Waals surface area contributed by atoms with Gasteiger partial charge in [0, 0.05) is 13.1 Å². The Morgan fingerprint density at radius 1 is 0.912 bits per heavy atom. The molecule has 1 aliphatic heterocycles. The molecule has 1 heterocycles. The van der Waals surface area contributed by atoms with Crippen LogP contribution in [0.4, 0.5) is 0 Å². The number of unbranched alkanes of at least 4 members (excludes halogenated alkanes) is 4. The molecular weight excluding hydrogens is 426 g/mol. The minimum absolute atomic E-state index is 0.0135. The lowest BCUT2D eigenvalue weighted by Gasteiger charge is -2.35. The molecule has 6 heteroatoms. The van der Waals surface area contributed by atoms with Crippen molar-refractivity contribution in [2.24, 2.45) is 5.73 Å². The predicted molar refractivity (Wildman–Crippen MR) is 135 cm³/mol. The highest BCUT2D eigenvalue weighted by atomic mass is 16.5. The molecule has 1 saturated heterocycles. The van der Waals surface area contributed by atoms with Crippen LogP contribution in [0.25, 0.3) is 0 Å². The first-order valence-corrected chi connectivity index (χ1v) is 12.7. The summed E-state index contributed by atoms with van der Waals surface area (Å²) in [6, 6.07) is 17.3. The summed E-state index contributed by atoms with van der Waals surface area (Å²) in [6.45, 7) is 2.57. The Morgan fingerprint density at radius 3 is 2.41 bits per heavy atom. The first-order chi connectivity index (χ1) is 16.7. The number of benzene rings is 2. The summed E-state index contributed by atoms with van der Waals surface area (Å²) >= 11 is 0. The van der Waals surface area contributed by atoms with E-state index in [0.29, 0.717) is 26.1 Å². The monoisotopic (exact) mass is 465 g/mol. The minimum Gasteiger partial charge on any atom is -0.489 e. The van der Waals surface area contributed by atoms with Crippen molar-refractivity contribution in [3.63, 3.8) is 0 Å². The molecule has 1 aliphatic rings. The fourth-order valence-corrected chi connectivity index (χ4v) is 4.35. The number of hydrogen-bond donors (Lipinski definition) is 2. The van der Waals surface area contributed by atoms with Crippen LogP contribution in [0.2, 0.25) is 0 Å². The zero-order valence-electron chi connectivity index (χ0n) is 20.2. The maximum Gasteiger partial charge on any atom is 0.242 e. The Balaban J connectivity index is 1.45. The van der Waals surface area contributed by atoms with Gasteiger partial charge in [-0.05, 0) is 61.9 Å². The van der Waals surface area contributed by atoms with E-state index in [1.165, 1.54) is 0 Å². The highest BCUT2D eigenvalue weighted by Gasteiger charge is 2.31. The van der Waals surface area contributed by atoms with E-state index in [-0.39, 0.29) is 17.9 Å². The average molecular weight is 466 g/mol. The molecule has 1 unspecified atom stereocenters. The normalized spacial score (nSPS) is 15.7. The Labute approximate surface area is 203 Å². The molecule has 3 N–H and O–H groups in total. The van der Waals surface area contributed by atoms with Crippen LogP contribution in [0.5, 0.6) is 5.75 Å². The summed E-state index contributed by atoms with van der Waals surface area (Å²) < 4.78 is 5.84. The van der Waals surface area contributed by atoms with Crippen molar-refractivity contribution in [3.8, 4) is 5.75 Å². The number of hydrogen-bond acceptors (Lipinski definition) is 4. The molecule has 184 valence electrons. The molecule has 0 aliphatic carbocycles. The van der Waals surface area contributed by atoms with Gasteiger partial charge >= 0.3 is 0 Å². The highest BCUT2D eigenvalue weighted by Crippen LogP contribution is 2.20. The Morgan fingerprint density at radius 2 is 1.65 bits per heavy atom. The SMILES string of the molecule is NCCCCCCCNC(=O)C1CCCCN1C(=O)Cc1ccc(OCc2ccccc2)cc1. The van der Waals surface area contributed by atoms with Crippen LogP contribution >= 0.6 is 0 Å². The van der Waals surface area contributed by atoms with Crippen molar-refractivity contribution in [1.82, 2.24) is 10.2 Å². The number of carbonyl (C=O) groups is 2. The van der Waals surface area contributed by atoms with Gasteiger partial charge < -0.3 is 20.7 Å². The van der Waals surface area contributed by atoms with Crippen molar-refractivity contribution >= 4 is 11.8 Å². The smallest absolute Gasteiger partial charge is 0.242 e. The summed E-state index contributed by atoms with van der Waals surface area (Å²) in [6.07, 6.45) is 8.39. The molecule has 6 nitrogen and oxygen atoms in total. The number of piperidine rings is 1. The van der Waals surface area contributed by atoms with Crippen LogP contribution in [0.15, 0.2) is 54.6 Å². The number of likely N-dealkylation sites (tertiary alicyclic amines) is 1. The van der Waals surface area contributed by atoms with E-state index in [2.05, 4.69) is 5.32 Å². The number of nitrogens with one attached hydrogen (secondary N) is 1. The standard InChI is InChI=1S/C28H39N3O3/c29-18-8-2-1-3-9-19-30-28(33)26-13-7-10-20-31(26)27(32)21-23-14-16-25(17-15-23)34-22-24-11-5-4-6-12-24/h4-6,11-12,14-17,26H,1-3,7-10,13,18-22,29H2,(H,30,33). The molecule has 1 fully saturated rings. The van der Waals surface area contributed by atoms with Gasteiger partial charge in [-0.25, -0.2) is 0 Å². The molecule has 0 saturated carbocycles. The average Bonchev–Trinajstić information content (AvgIpc) is 2.88. The molecular formula is C28H39N3O3. The van der Waals surface area contributed by atoms with Crippen molar-refractivity contribution < 1.29 is 14.3 Å². The van der Waals surface area contributed by atoms with Crippen molar-refractivity contribution in [2.45, 2.75) is 70.4 Å². The van der Waals surface area contributed by atoms with E-state index < -0.39 is 0 Å². The third-order valence-corrected chi connectivity index (χ3v) is 6.33. The number of ether oxygens (including phenoxy) is 1. The zero-order valence-corrected chi connectivity index (χ0v) is 20.2. The molecule has 2 aromatic rings. The fourth-order valence-electron chi connectivity index (χ4n) is 4.35. The number of amides is 2. The highest BCUT2D eigenvalue weighted by molar-refractivity contribution is 5.88. The third-order valence-electron chi connectivity index (χ3n) is 6.33. The van der Waals surface area contributed by atoms with Crippen LogP contribution in [0, 0.1) is 0 Å². The number of nitrogens with two attached hydrogens (primary N) is 1. The molecule has 34 heavy (non-hydrogen) atoms. The third kappa shape index (κ3) is 8.49. The number of nitrogens with zero attached hydrogens (tertiary/aromatic N) is 1. The molecule has 0 radical (unpaired) electrons.